The minimum Gasteiger partial charge on any atom is -0.372 e. The summed E-state index contributed by atoms with van der Waals surface area (Å²) in [5.74, 6) is 1.33. The number of rotatable bonds is 6. The van der Waals surface area contributed by atoms with E-state index in [0.717, 1.165) is 19.3 Å². The summed E-state index contributed by atoms with van der Waals surface area (Å²) in [6.07, 6.45) is 3.07. The molecule has 0 bridgehead atoms. The molecule has 0 radical (unpaired) electrons. The van der Waals surface area contributed by atoms with Crippen molar-refractivity contribution >= 4 is 34.8 Å². The lowest BCUT2D eigenvalue weighted by Crippen LogP contribution is -2.36. The monoisotopic (exact) mass is 289 g/mol. The normalized spacial score (nSPS) is 11.4. The van der Waals surface area contributed by atoms with Crippen molar-refractivity contribution in [2.45, 2.75) is 45.6 Å². The van der Waals surface area contributed by atoms with Gasteiger partial charge in [0.15, 0.2) is 0 Å². The van der Waals surface area contributed by atoms with Crippen molar-refractivity contribution in [3.05, 3.63) is 16.1 Å². The zero-order valence-corrected chi connectivity index (χ0v) is 12.9. The molecule has 0 fully saturated rings. The lowest BCUT2D eigenvalue weighted by Gasteiger charge is -2.33. The molecular formula is C13H21Cl2N3. The van der Waals surface area contributed by atoms with Gasteiger partial charge in [-0.25, -0.2) is 4.98 Å². The van der Waals surface area contributed by atoms with Gasteiger partial charge in [0, 0.05) is 12.6 Å². The fourth-order valence-electron chi connectivity index (χ4n) is 2.00. The summed E-state index contributed by atoms with van der Waals surface area (Å²) in [7, 11) is 1.79. The Kier molecular flexibility index (Phi) is 5.54. The number of halogens is 2. The van der Waals surface area contributed by atoms with E-state index in [2.05, 4.69) is 36.4 Å². The van der Waals surface area contributed by atoms with Crippen molar-refractivity contribution in [1.29, 1.82) is 0 Å². The van der Waals surface area contributed by atoms with Crippen molar-refractivity contribution in [2.75, 3.05) is 17.7 Å². The Morgan fingerprint density at radius 2 is 1.56 bits per heavy atom. The first kappa shape index (κ1) is 15.4. The first-order valence-corrected chi connectivity index (χ1v) is 7.09. The topological polar surface area (TPSA) is 37.0 Å². The van der Waals surface area contributed by atoms with Crippen molar-refractivity contribution in [2.24, 2.45) is 0 Å². The number of nitrogens with one attached hydrogen (secondary N) is 2. The Morgan fingerprint density at radius 1 is 1.06 bits per heavy atom. The standard InChI is InChI=1S/C13H21Cl2N3/c1-5-13(6-2,7-3)18-12-10(15)8-9(14)11(16-4)17-12/h8H,5-7H2,1-4H3,(H2,16,17,18). The Labute approximate surface area is 119 Å². The van der Waals surface area contributed by atoms with Crippen LogP contribution in [0.5, 0.6) is 0 Å². The molecule has 0 amide bonds. The third kappa shape index (κ3) is 3.21. The van der Waals surface area contributed by atoms with Crippen LogP contribution < -0.4 is 10.6 Å². The third-order valence-corrected chi connectivity index (χ3v) is 4.16. The first-order chi connectivity index (χ1) is 8.51. The molecule has 0 saturated heterocycles. The number of anilines is 2. The van der Waals surface area contributed by atoms with Crippen LogP contribution in [-0.4, -0.2) is 17.6 Å². The molecule has 1 heterocycles. The quantitative estimate of drug-likeness (QED) is 0.789. The minimum atomic E-state index is 0.0372. The van der Waals surface area contributed by atoms with Crippen LogP contribution in [0, 0.1) is 0 Å². The van der Waals surface area contributed by atoms with Gasteiger partial charge in [-0.15, -0.1) is 0 Å². The van der Waals surface area contributed by atoms with Crippen LogP contribution >= 0.6 is 23.2 Å². The highest BCUT2D eigenvalue weighted by Gasteiger charge is 2.25. The highest BCUT2D eigenvalue weighted by Crippen LogP contribution is 2.33. The summed E-state index contributed by atoms with van der Waals surface area (Å²) in [5, 5.41) is 7.52. The van der Waals surface area contributed by atoms with Gasteiger partial charge in [-0.05, 0) is 25.3 Å². The largest absolute Gasteiger partial charge is 0.372 e. The maximum absolute atomic E-state index is 6.20. The van der Waals surface area contributed by atoms with E-state index < -0.39 is 0 Å². The van der Waals surface area contributed by atoms with Crippen molar-refractivity contribution in [1.82, 2.24) is 4.98 Å². The molecule has 1 aromatic rings. The second-order valence-electron chi connectivity index (χ2n) is 4.37. The Bertz CT molecular complexity index is 395. The SMILES string of the molecule is CCC(CC)(CC)Nc1nc(NC)c(Cl)cc1Cl. The van der Waals surface area contributed by atoms with Crippen LogP contribution in [0.15, 0.2) is 6.07 Å². The van der Waals surface area contributed by atoms with Gasteiger partial charge in [0.25, 0.3) is 0 Å². The van der Waals surface area contributed by atoms with Gasteiger partial charge in [-0.3, -0.25) is 0 Å². The molecule has 102 valence electrons. The average molecular weight is 290 g/mol. The smallest absolute Gasteiger partial charge is 0.147 e. The van der Waals surface area contributed by atoms with E-state index in [1.165, 1.54) is 0 Å². The van der Waals surface area contributed by atoms with Gasteiger partial charge >= 0.3 is 0 Å². The molecule has 5 heteroatoms. The third-order valence-electron chi connectivity index (χ3n) is 3.58. The van der Waals surface area contributed by atoms with E-state index in [1.807, 2.05) is 0 Å². The Hall–Kier alpha value is -0.670. The van der Waals surface area contributed by atoms with Gasteiger partial charge in [-0.1, -0.05) is 44.0 Å². The zero-order chi connectivity index (χ0) is 13.8. The molecule has 3 nitrogen and oxygen atoms in total. The van der Waals surface area contributed by atoms with Crippen LogP contribution in [0.4, 0.5) is 11.6 Å². The lowest BCUT2D eigenvalue weighted by atomic mass is 9.90. The second kappa shape index (κ2) is 6.48. The van der Waals surface area contributed by atoms with Crippen LogP contribution in [-0.2, 0) is 0 Å². The number of hydrogen-bond acceptors (Lipinski definition) is 3. The summed E-state index contributed by atoms with van der Waals surface area (Å²) in [4.78, 5) is 4.43. The summed E-state index contributed by atoms with van der Waals surface area (Å²) in [6.45, 7) is 6.51. The van der Waals surface area contributed by atoms with Crippen molar-refractivity contribution in [3.63, 3.8) is 0 Å². The van der Waals surface area contributed by atoms with E-state index in [-0.39, 0.29) is 5.54 Å². The molecule has 2 N–H and O–H groups in total. The number of pyridine rings is 1. The van der Waals surface area contributed by atoms with Crippen LogP contribution in [0.2, 0.25) is 10.0 Å². The minimum absolute atomic E-state index is 0.0372. The molecule has 18 heavy (non-hydrogen) atoms. The summed E-state index contributed by atoms with van der Waals surface area (Å²) in [6, 6.07) is 1.72. The first-order valence-electron chi connectivity index (χ1n) is 6.33. The molecule has 1 aromatic heterocycles. The van der Waals surface area contributed by atoms with Gasteiger partial charge in [0.1, 0.15) is 11.6 Å². The molecule has 0 spiro atoms. The van der Waals surface area contributed by atoms with Crippen LogP contribution in [0.3, 0.4) is 0 Å². The molecule has 0 aliphatic rings. The van der Waals surface area contributed by atoms with E-state index in [0.29, 0.717) is 21.7 Å². The summed E-state index contributed by atoms with van der Waals surface area (Å²) < 4.78 is 0. The zero-order valence-electron chi connectivity index (χ0n) is 11.4. The van der Waals surface area contributed by atoms with E-state index in [4.69, 9.17) is 23.2 Å². The molecule has 0 saturated carbocycles. The molecule has 1 rings (SSSR count). The van der Waals surface area contributed by atoms with E-state index in [9.17, 15) is 0 Å². The van der Waals surface area contributed by atoms with E-state index in [1.54, 1.807) is 13.1 Å². The molecular weight excluding hydrogens is 269 g/mol. The van der Waals surface area contributed by atoms with E-state index >= 15 is 0 Å². The van der Waals surface area contributed by atoms with Crippen LogP contribution in [0.25, 0.3) is 0 Å². The lowest BCUT2D eigenvalue weighted by molar-refractivity contribution is 0.419. The molecule has 0 aliphatic heterocycles. The highest BCUT2D eigenvalue weighted by molar-refractivity contribution is 6.37. The average Bonchev–Trinajstić information content (AvgIpc) is 2.38. The molecule has 0 aliphatic carbocycles. The molecule has 0 unspecified atom stereocenters. The summed E-state index contributed by atoms with van der Waals surface area (Å²) in [5.41, 5.74) is 0.0372. The fraction of sp³-hybridized carbons (Fsp3) is 0.615. The predicted octanol–water partition coefficient (Wildman–Crippen LogP) is 4.81. The molecule has 0 aromatic carbocycles. The van der Waals surface area contributed by atoms with Gasteiger partial charge < -0.3 is 10.6 Å². The second-order valence-corrected chi connectivity index (χ2v) is 5.18. The number of nitrogens with zero attached hydrogens (tertiary/aromatic N) is 1. The van der Waals surface area contributed by atoms with Gasteiger partial charge in [0.2, 0.25) is 0 Å². The van der Waals surface area contributed by atoms with Crippen molar-refractivity contribution in [3.8, 4) is 0 Å². The maximum atomic E-state index is 6.20. The Balaban J connectivity index is 3.10. The highest BCUT2D eigenvalue weighted by atomic mass is 35.5. The maximum Gasteiger partial charge on any atom is 0.147 e. The predicted molar refractivity (Wildman–Crippen MR) is 81.0 cm³/mol. The summed E-state index contributed by atoms with van der Waals surface area (Å²) >= 11 is 12.2. The molecule has 0 atom stereocenters. The fourth-order valence-corrected chi connectivity index (χ4v) is 2.50. The number of aromatic nitrogens is 1. The van der Waals surface area contributed by atoms with Crippen LogP contribution in [0.1, 0.15) is 40.0 Å². The number of hydrogen-bond donors (Lipinski definition) is 2. The van der Waals surface area contributed by atoms with Gasteiger partial charge in [0.05, 0.1) is 10.0 Å². The Morgan fingerprint density at radius 3 is 2.00 bits per heavy atom. The van der Waals surface area contributed by atoms with Gasteiger partial charge in [-0.2, -0.15) is 0 Å². The van der Waals surface area contributed by atoms with Crippen molar-refractivity contribution < 1.29 is 0 Å².